The lowest BCUT2D eigenvalue weighted by Gasteiger charge is -2.17. The Balaban J connectivity index is 1.59. The summed E-state index contributed by atoms with van der Waals surface area (Å²) < 4.78 is 0. The van der Waals surface area contributed by atoms with Crippen molar-refractivity contribution in [2.24, 2.45) is 11.8 Å². The first-order valence-electron chi connectivity index (χ1n) is 8.33. The highest BCUT2D eigenvalue weighted by atomic mass is 16.2. The Labute approximate surface area is 140 Å². The summed E-state index contributed by atoms with van der Waals surface area (Å²) in [5, 5.41) is 5.41. The fourth-order valence-electron chi connectivity index (χ4n) is 2.90. The highest BCUT2D eigenvalue weighted by molar-refractivity contribution is 5.92. The second-order valence-corrected chi connectivity index (χ2v) is 6.07. The van der Waals surface area contributed by atoms with Crippen LogP contribution in [0.5, 0.6) is 0 Å². The molecular formula is C17H21N5O2. The number of anilines is 2. The maximum absolute atomic E-state index is 12.2. The van der Waals surface area contributed by atoms with Gasteiger partial charge in [0.25, 0.3) is 0 Å². The Hall–Kier alpha value is -2.57. The number of aromatic nitrogens is 3. The molecule has 126 valence electrons. The number of nitrogens with zero attached hydrogens (tertiary/aromatic N) is 3. The Morgan fingerprint density at radius 1 is 0.833 bits per heavy atom. The smallest absolute Gasteiger partial charge is 0.234 e. The Morgan fingerprint density at radius 2 is 1.33 bits per heavy atom. The molecule has 1 aromatic rings. The molecule has 0 radical (unpaired) electrons. The fraction of sp³-hybridized carbons (Fsp3) is 0.471. The van der Waals surface area contributed by atoms with Gasteiger partial charge in [0.1, 0.15) is 6.33 Å². The first-order chi connectivity index (χ1) is 11.7. The summed E-state index contributed by atoms with van der Waals surface area (Å²) in [6, 6.07) is 0. The van der Waals surface area contributed by atoms with Crippen LogP contribution in [0.3, 0.4) is 0 Å². The molecule has 7 heteroatoms. The molecule has 0 saturated heterocycles. The van der Waals surface area contributed by atoms with Gasteiger partial charge in [0.2, 0.25) is 23.7 Å². The third-order valence-corrected chi connectivity index (χ3v) is 4.32. The predicted molar refractivity (Wildman–Crippen MR) is 90.0 cm³/mol. The van der Waals surface area contributed by atoms with Gasteiger partial charge in [0, 0.05) is 11.8 Å². The van der Waals surface area contributed by atoms with Crippen LogP contribution in [-0.2, 0) is 9.59 Å². The molecule has 0 fully saturated rings. The van der Waals surface area contributed by atoms with Gasteiger partial charge < -0.3 is 0 Å². The van der Waals surface area contributed by atoms with Gasteiger partial charge in [-0.2, -0.15) is 4.98 Å². The van der Waals surface area contributed by atoms with Crippen LogP contribution in [0.25, 0.3) is 0 Å². The van der Waals surface area contributed by atoms with Crippen molar-refractivity contribution in [3.63, 3.8) is 0 Å². The van der Waals surface area contributed by atoms with E-state index in [0.717, 1.165) is 38.5 Å². The third kappa shape index (κ3) is 4.24. The molecule has 24 heavy (non-hydrogen) atoms. The Bertz CT molecular complexity index is 617. The van der Waals surface area contributed by atoms with Gasteiger partial charge in [-0.15, -0.1) is 0 Å². The van der Waals surface area contributed by atoms with Crippen LogP contribution in [0.1, 0.15) is 38.5 Å². The van der Waals surface area contributed by atoms with Crippen LogP contribution < -0.4 is 10.6 Å². The zero-order chi connectivity index (χ0) is 16.8. The van der Waals surface area contributed by atoms with Crippen molar-refractivity contribution in [1.82, 2.24) is 15.0 Å². The van der Waals surface area contributed by atoms with Gasteiger partial charge in [-0.05, 0) is 38.5 Å². The number of allylic oxidation sites excluding steroid dienone is 4. The van der Waals surface area contributed by atoms with Crippen molar-refractivity contribution in [2.75, 3.05) is 10.6 Å². The van der Waals surface area contributed by atoms with Crippen LogP contribution in [0.2, 0.25) is 0 Å². The Kier molecular flexibility index (Phi) is 5.30. The summed E-state index contributed by atoms with van der Waals surface area (Å²) in [4.78, 5) is 36.5. The number of carbonyl (C=O) groups excluding carboxylic acids is 2. The molecule has 0 saturated carbocycles. The molecule has 1 aromatic heterocycles. The van der Waals surface area contributed by atoms with E-state index in [1.54, 1.807) is 0 Å². The average Bonchev–Trinajstić information content (AvgIpc) is 2.63. The number of rotatable bonds is 4. The largest absolute Gasteiger partial charge is 0.294 e. The minimum atomic E-state index is -0.0970. The van der Waals surface area contributed by atoms with E-state index in [4.69, 9.17) is 0 Å². The number of hydrogen-bond acceptors (Lipinski definition) is 5. The van der Waals surface area contributed by atoms with Crippen LogP contribution >= 0.6 is 0 Å². The van der Waals surface area contributed by atoms with E-state index < -0.39 is 0 Å². The molecule has 2 atom stereocenters. The van der Waals surface area contributed by atoms with E-state index >= 15 is 0 Å². The zero-order valence-corrected chi connectivity index (χ0v) is 13.4. The maximum Gasteiger partial charge on any atom is 0.234 e. The zero-order valence-electron chi connectivity index (χ0n) is 13.4. The van der Waals surface area contributed by atoms with E-state index in [2.05, 4.69) is 37.7 Å². The standard InChI is InChI=1S/C17H21N5O2/c23-14(12-7-3-1-4-8-12)20-16-18-11-19-17(22-16)21-15(24)13-9-5-2-6-10-13/h1-3,5,11-13H,4,6-10H2,(H2,18,19,20,21,22,23,24). The molecular weight excluding hydrogens is 306 g/mol. The van der Waals surface area contributed by atoms with Crippen molar-refractivity contribution < 1.29 is 9.59 Å². The first kappa shape index (κ1) is 16.3. The molecule has 2 aliphatic rings. The topological polar surface area (TPSA) is 96.9 Å². The van der Waals surface area contributed by atoms with Crippen molar-refractivity contribution in [3.8, 4) is 0 Å². The number of amides is 2. The van der Waals surface area contributed by atoms with Gasteiger partial charge in [-0.25, -0.2) is 9.97 Å². The van der Waals surface area contributed by atoms with Crippen molar-refractivity contribution >= 4 is 23.7 Å². The summed E-state index contributed by atoms with van der Waals surface area (Å²) in [5.74, 6) is 0.0324. The SMILES string of the molecule is O=C(Nc1ncnc(NC(=O)C2CC=CCC2)n1)C1CC=CCC1. The lowest BCUT2D eigenvalue weighted by molar-refractivity contribution is -0.120. The molecule has 0 bridgehead atoms. The van der Waals surface area contributed by atoms with Gasteiger partial charge in [-0.1, -0.05) is 24.3 Å². The van der Waals surface area contributed by atoms with Gasteiger partial charge >= 0.3 is 0 Å². The summed E-state index contributed by atoms with van der Waals surface area (Å²) >= 11 is 0. The van der Waals surface area contributed by atoms with Crippen molar-refractivity contribution in [2.45, 2.75) is 38.5 Å². The molecule has 7 nitrogen and oxygen atoms in total. The second-order valence-electron chi connectivity index (χ2n) is 6.07. The Morgan fingerprint density at radius 3 is 1.75 bits per heavy atom. The number of carbonyl (C=O) groups is 2. The van der Waals surface area contributed by atoms with E-state index in [1.165, 1.54) is 6.33 Å². The quantitative estimate of drug-likeness (QED) is 0.828. The normalized spacial score (nSPS) is 22.8. The van der Waals surface area contributed by atoms with Crippen LogP contribution in [0, 0.1) is 11.8 Å². The first-order valence-corrected chi connectivity index (χ1v) is 8.33. The molecule has 2 amide bonds. The molecule has 0 aliphatic heterocycles. The molecule has 2 N–H and O–H groups in total. The van der Waals surface area contributed by atoms with Crippen molar-refractivity contribution in [3.05, 3.63) is 30.6 Å². The highest BCUT2D eigenvalue weighted by Crippen LogP contribution is 2.21. The average molecular weight is 327 g/mol. The number of hydrogen-bond donors (Lipinski definition) is 2. The van der Waals surface area contributed by atoms with E-state index in [9.17, 15) is 9.59 Å². The minimum absolute atomic E-state index is 0.0566. The van der Waals surface area contributed by atoms with Crippen LogP contribution in [0.4, 0.5) is 11.9 Å². The molecule has 2 aliphatic carbocycles. The molecule has 0 spiro atoms. The summed E-state index contributed by atoms with van der Waals surface area (Å²) in [5.41, 5.74) is 0. The summed E-state index contributed by atoms with van der Waals surface area (Å²) in [7, 11) is 0. The predicted octanol–water partition coefficient (Wildman–Crippen LogP) is 2.46. The van der Waals surface area contributed by atoms with Gasteiger partial charge in [-0.3, -0.25) is 20.2 Å². The van der Waals surface area contributed by atoms with E-state index in [-0.39, 0.29) is 35.5 Å². The second kappa shape index (κ2) is 7.81. The van der Waals surface area contributed by atoms with Crippen molar-refractivity contribution in [1.29, 1.82) is 0 Å². The molecule has 0 aromatic carbocycles. The number of nitrogens with one attached hydrogen (secondary N) is 2. The van der Waals surface area contributed by atoms with Crippen LogP contribution in [0.15, 0.2) is 30.6 Å². The molecule has 1 heterocycles. The van der Waals surface area contributed by atoms with Crippen LogP contribution in [-0.4, -0.2) is 26.8 Å². The van der Waals surface area contributed by atoms with E-state index in [0.29, 0.717) is 0 Å². The van der Waals surface area contributed by atoms with Gasteiger partial charge in [0.15, 0.2) is 0 Å². The summed E-state index contributed by atoms with van der Waals surface area (Å²) in [6.45, 7) is 0. The molecule has 2 unspecified atom stereocenters. The lowest BCUT2D eigenvalue weighted by Crippen LogP contribution is -2.26. The highest BCUT2D eigenvalue weighted by Gasteiger charge is 2.21. The van der Waals surface area contributed by atoms with E-state index in [1.807, 2.05) is 12.2 Å². The fourth-order valence-corrected chi connectivity index (χ4v) is 2.90. The third-order valence-electron chi connectivity index (χ3n) is 4.32. The van der Waals surface area contributed by atoms with Gasteiger partial charge in [0.05, 0.1) is 0 Å². The maximum atomic E-state index is 12.2. The molecule has 3 rings (SSSR count). The summed E-state index contributed by atoms with van der Waals surface area (Å²) in [6.07, 6.45) is 14.4. The minimum Gasteiger partial charge on any atom is -0.294 e. The monoisotopic (exact) mass is 327 g/mol. The lowest BCUT2D eigenvalue weighted by atomic mass is 9.94.